The van der Waals surface area contributed by atoms with Crippen molar-refractivity contribution >= 4 is 6.03 Å². The molecule has 4 heteroatoms. The minimum Gasteiger partial charge on any atom is -0.394 e. The summed E-state index contributed by atoms with van der Waals surface area (Å²) in [4.78, 5) is 11.6. The van der Waals surface area contributed by atoms with Crippen molar-refractivity contribution < 1.29 is 9.90 Å². The van der Waals surface area contributed by atoms with Crippen LogP contribution in [0.5, 0.6) is 0 Å². The third-order valence-electron chi connectivity index (χ3n) is 3.86. The fourth-order valence-corrected chi connectivity index (χ4v) is 2.43. The maximum atomic E-state index is 11.6. The Morgan fingerprint density at radius 1 is 1.41 bits per heavy atom. The lowest BCUT2D eigenvalue weighted by Gasteiger charge is -2.29. The standard InChI is InChI=1S/C13H26N2O2/c1-3-12(9-16)15-13(17)14-8-11-7-5-4-6-10(11)2/h10-12,16H,3-9H2,1-2H3,(H2,14,15,17). The third kappa shape index (κ3) is 4.94. The van der Waals surface area contributed by atoms with E-state index in [4.69, 9.17) is 5.11 Å². The maximum Gasteiger partial charge on any atom is 0.315 e. The predicted molar refractivity (Wildman–Crippen MR) is 68.8 cm³/mol. The molecule has 3 unspecified atom stereocenters. The van der Waals surface area contributed by atoms with E-state index in [1.165, 1.54) is 25.7 Å². The lowest BCUT2D eigenvalue weighted by molar-refractivity contribution is 0.206. The second kappa shape index (κ2) is 7.54. The summed E-state index contributed by atoms with van der Waals surface area (Å²) in [6.07, 6.45) is 5.86. The summed E-state index contributed by atoms with van der Waals surface area (Å²) in [6.45, 7) is 4.98. The molecule has 3 N–H and O–H groups in total. The van der Waals surface area contributed by atoms with Gasteiger partial charge >= 0.3 is 6.03 Å². The average Bonchev–Trinajstić information content (AvgIpc) is 2.35. The SMILES string of the molecule is CCC(CO)NC(=O)NCC1CCCCC1C. The molecule has 1 fully saturated rings. The number of aliphatic hydroxyl groups is 1. The fourth-order valence-electron chi connectivity index (χ4n) is 2.43. The first-order valence-corrected chi connectivity index (χ1v) is 6.82. The molecule has 0 bridgehead atoms. The molecule has 4 nitrogen and oxygen atoms in total. The molecule has 17 heavy (non-hydrogen) atoms. The first-order valence-electron chi connectivity index (χ1n) is 6.82. The number of urea groups is 1. The normalized spacial score (nSPS) is 26.3. The van der Waals surface area contributed by atoms with Gasteiger partial charge in [0, 0.05) is 6.54 Å². The van der Waals surface area contributed by atoms with Crippen LogP contribution in [0.4, 0.5) is 4.79 Å². The van der Waals surface area contributed by atoms with Crippen LogP contribution in [0.15, 0.2) is 0 Å². The number of amides is 2. The molecule has 0 heterocycles. The largest absolute Gasteiger partial charge is 0.394 e. The highest BCUT2D eigenvalue weighted by Gasteiger charge is 2.21. The van der Waals surface area contributed by atoms with Crippen LogP contribution in [0.2, 0.25) is 0 Å². The highest BCUT2D eigenvalue weighted by molar-refractivity contribution is 5.74. The van der Waals surface area contributed by atoms with Gasteiger partial charge in [-0.15, -0.1) is 0 Å². The van der Waals surface area contributed by atoms with Gasteiger partial charge in [0.05, 0.1) is 12.6 Å². The highest BCUT2D eigenvalue weighted by Crippen LogP contribution is 2.28. The number of carbonyl (C=O) groups excluding carboxylic acids is 1. The van der Waals surface area contributed by atoms with Crippen molar-refractivity contribution in [1.82, 2.24) is 10.6 Å². The number of hydrogen-bond donors (Lipinski definition) is 3. The second-order valence-corrected chi connectivity index (χ2v) is 5.16. The van der Waals surface area contributed by atoms with Crippen LogP contribution in [0.1, 0.15) is 46.0 Å². The Bertz CT molecular complexity index is 229. The van der Waals surface area contributed by atoms with E-state index in [9.17, 15) is 4.79 Å². The summed E-state index contributed by atoms with van der Waals surface area (Å²) in [6, 6.07) is -0.276. The van der Waals surface area contributed by atoms with Crippen molar-refractivity contribution in [1.29, 1.82) is 0 Å². The van der Waals surface area contributed by atoms with Gasteiger partial charge in [-0.1, -0.05) is 33.1 Å². The van der Waals surface area contributed by atoms with Crippen molar-refractivity contribution in [2.75, 3.05) is 13.2 Å². The van der Waals surface area contributed by atoms with Crippen LogP contribution >= 0.6 is 0 Å². The molecule has 0 saturated heterocycles. The predicted octanol–water partition coefficient (Wildman–Crippen LogP) is 1.88. The quantitative estimate of drug-likeness (QED) is 0.689. The Morgan fingerprint density at radius 2 is 2.12 bits per heavy atom. The van der Waals surface area contributed by atoms with Gasteiger partial charge in [0.25, 0.3) is 0 Å². The summed E-state index contributed by atoms with van der Waals surface area (Å²) < 4.78 is 0. The van der Waals surface area contributed by atoms with Gasteiger partial charge in [0.2, 0.25) is 0 Å². The summed E-state index contributed by atoms with van der Waals surface area (Å²) >= 11 is 0. The molecule has 1 aliphatic rings. The second-order valence-electron chi connectivity index (χ2n) is 5.16. The minimum atomic E-state index is -0.149. The van der Waals surface area contributed by atoms with E-state index < -0.39 is 0 Å². The lowest BCUT2D eigenvalue weighted by Crippen LogP contribution is -2.45. The average molecular weight is 242 g/mol. The Labute approximate surface area is 104 Å². The Kier molecular flexibility index (Phi) is 6.34. The molecule has 1 rings (SSSR count). The molecular weight excluding hydrogens is 216 g/mol. The monoisotopic (exact) mass is 242 g/mol. The zero-order valence-corrected chi connectivity index (χ0v) is 11.0. The summed E-state index contributed by atoms with van der Waals surface area (Å²) in [5.74, 6) is 1.33. The fraction of sp³-hybridized carbons (Fsp3) is 0.923. The Balaban J connectivity index is 2.22. The number of rotatable bonds is 5. The minimum absolute atomic E-state index is 0.00372. The molecule has 0 spiro atoms. The zero-order valence-electron chi connectivity index (χ0n) is 11.0. The van der Waals surface area contributed by atoms with Crippen LogP contribution in [0, 0.1) is 11.8 Å². The molecule has 0 radical (unpaired) electrons. The van der Waals surface area contributed by atoms with Gasteiger partial charge < -0.3 is 15.7 Å². The molecule has 100 valence electrons. The van der Waals surface area contributed by atoms with Crippen LogP contribution in [0.25, 0.3) is 0 Å². The molecule has 2 amide bonds. The van der Waals surface area contributed by atoms with Crippen LogP contribution in [0.3, 0.4) is 0 Å². The molecule has 0 aromatic heterocycles. The molecule has 0 aliphatic heterocycles. The van der Waals surface area contributed by atoms with Gasteiger partial charge in [-0.2, -0.15) is 0 Å². The zero-order chi connectivity index (χ0) is 12.7. The number of hydrogen-bond acceptors (Lipinski definition) is 2. The number of nitrogens with one attached hydrogen (secondary N) is 2. The molecule has 0 aromatic carbocycles. The molecular formula is C13H26N2O2. The number of carbonyl (C=O) groups is 1. The van der Waals surface area contributed by atoms with Crippen molar-refractivity contribution in [2.45, 2.75) is 52.0 Å². The van der Waals surface area contributed by atoms with Crippen LogP contribution in [-0.2, 0) is 0 Å². The van der Waals surface area contributed by atoms with Crippen molar-refractivity contribution in [3.63, 3.8) is 0 Å². The molecule has 0 aromatic rings. The van der Waals surface area contributed by atoms with Crippen LogP contribution in [-0.4, -0.2) is 30.3 Å². The Morgan fingerprint density at radius 3 is 2.71 bits per heavy atom. The van der Waals surface area contributed by atoms with E-state index in [1.807, 2.05) is 6.92 Å². The smallest absolute Gasteiger partial charge is 0.315 e. The van der Waals surface area contributed by atoms with Gasteiger partial charge in [0.15, 0.2) is 0 Å². The van der Waals surface area contributed by atoms with Gasteiger partial charge in [-0.25, -0.2) is 4.79 Å². The van der Waals surface area contributed by atoms with E-state index >= 15 is 0 Å². The van der Waals surface area contributed by atoms with Gasteiger partial charge in [-0.05, 0) is 24.7 Å². The van der Waals surface area contributed by atoms with Crippen LogP contribution < -0.4 is 10.6 Å². The molecule has 3 atom stereocenters. The maximum absolute atomic E-state index is 11.6. The summed E-state index contributed by atoms with van der Waals surface area (Å²) in [5.41, 5.74) is 0. The van der Waals surface area contributed by atoms with Gasteiger partial charge in [-0.3, -0.25) is 0 Å². The Hall–Kier alpha value is -0.770. The first-order chi connectivity index (χ1) is 8.17. The molecule has 1 aliphatic carbocycles. The van der Waals surface area contributed by atoms with Crippen molar-refractivity contribution in [3.05, 3.63) is 0 Å². The number of aliphatic hydroxyl groups excluding tert-OH is 1. The summed E-state index contributed by atoms with van der Waals surface area (Å²) in [7, 11) is 0. The van der Waals surface area contributed by atoms with Crippen molar-refractivity contribution in [2.24, 2.45) is 11.8 Å². The van der Waals surface area contributed by atoms with E-state index in [2.05, 4.69) is 17.6 Å². The van der Waals surface area contributed by atoms with Crippen molar-refractivity contribution in [3.8, 4) is 0 Å². The van der Waals surface area contributed by atoms with E-state index in [-0.39, 0.29) is 18.7 Å². The third-order valence-corrected chi connectivity index (χ3v) is 3.86. The molecule has 1 saturated carbocycles. The topological polar surface area (TPSA) is 61.4 Å². The highest BCUT2D eigenvalue weighted by atomic mass is 16.3. The van der Waals surface area contributed by atoms with E-state index in [0.717, 1.165) is 13.0 Å². The van der Waals surface area contributed by atoms with E-state index in [1.54, 1.807) is 0 Å². The van der Waals surface area contributed by atoms with Gasteiger partial charge in [0.1, 0.15) is 0 Å². The summed E-state index contributed by atoms with van der Waals surface area (Å²) in [5, 5.41) is 14.7. The first kappa shape index (κ1) is 14.3. The lowest BCUT2D eigenvalue weighted by atomic mass is 9.80. The van der Waals surface area contributed by atoms with E-state index in [0.29, 0.717) is 11.8 Å².